The maximum atomic E-state index is 11.6. The molecule has 1 N–H and O–H groups in total. The van der Waals surface area contributed by atoms with E-state index in [2.05, 4.69) is 5.32 Å². The number of halogens is 1. The van der Waals surface area contributed by atoms with Crippen LogP contribution in [0.15, 0.2) is 23.1 Å². The van der Waals surface area contributed by atoms with Crippen molar-refractivity contribution < 1.29 is 13.2 Å². The number of aryl methyl sites for hydroxylation is 1. The molecule has 1 aliphatic heterocycles. The van der Waals surface area contributed by atoms with Gasteiger partial charge in [-0.3, -0.25) is 4.79 Å². The third-order valence-corrected chi connectivity index (χ3v) is 3.87. The SMILES string of the molecule is O=C1NCCCc2ccc(S(=O)(=O)Cl)cc21. The van der Waals surface area contributed by atoms with Crippen LogP contribution in [0.5, 0.6) is 0 Å². The Kier molecular flexibility index (Phi) is 2.90. The molecule has 4 nitrogen and oxygen atoms in total. The molecular weight excluding hydrogens is 250 g/mol. The standard InChI is InChI=1S/C10H10ClNO3S/c11-16(14,15)8-4-3-7-2-1-5-12-10(13)9(7)6-8/h3-4,6H,1-2,5H2,(H,12,13). The molecule has 2 rings (SSSR count). The molecule has 0 radical (unpaired) electrons. The normalized spacial score (nSPS) is 16.2. The fourth-order valence-corrected chi connectivity index (χ4v) is 2.49. The summed E-state index contributed by atoms with van der Waals surface area (Å²) in [5, 5.41) is 2.70. The summed E-state index contributed by atoms with van der Waals surface area (Å²) in [7, 11) is 1.45. The number of nitrogens with one attached hydrogen (secondary N) is 1. The van der Waals surface area contributed by atoms with E-state index >= 15 is 0 Å². The Bertz CT molecular complexity index is 539. The highest BCUT2D eigenvalue weighted by atomic mass is 35.7. The fraction of sp³-hybridized carbons (Fsp3) is 0.300. The van der Waals surface area contributed by atoms with E-state index in [9.17, 15) is 13.2 Å². The molecule has 1 amide bonds. The molecule has 1 aromatic rings. The van der Waals surface area contributed by atoms with Gasteiger partial charge < -0.3 is 5.32 Å². The van der Waals surface area contributed by atoms with E-state index in [1.807, 2.05) is 0 Å². The number of fused-ring (bicyclic) bond motifs is 1. The van der Waals surface area contributed by atoms with Gasteiger partial charge in [-0.25, -0.2) is 8.42 Å². The van der Waals surface area contributed by atoms with Crippen LogP contribution in [0.25, 0.3) is 0 Å². The van der Waals surface area contributed by atoms with Crippen molar-refractivity contribution in [2.45, 2.75) is 17.7 Å². The molecule has 0 atom stereocenters. The molecule has 0 bridgehead atoms. The number of rotatable bonds is 1. The number of amides is 1. The minimum atomic E-state index is -3.78. The minimum absolute atomic E-state index is 0.0371. The Morgan fingerprint density at radius 3 is 2.75 bits per heavy atom. The Morgan fingerprint density at radius 1 is 1.31 bits per heavy atom. The Balaban J connectivity index is 2.56. The highest BCUT2D eigenvalue weighted by molar-refractivity contribution is 8.13. The number of carbonyl (C=O) groups is 1. The van der Waals surface area contributed by atoms with E-state index in [0.717, 1.165) is 18.4 Å². The molecule has 1 heterocycles. The second-order valence-electron chi connectivity index (χ2n) is 3.62. The van der Waals surface area contributed by atoms with Crippen molar-refractivity contribution >= 4 is 25.6 Å². The molecule has 6 heteroatoms. The van der Waals surface area contributed by atoms with Gasteiger partial charge in [-0.1, -0.05) is 6.07 Å². The monoisotopic (exact) mass is 259 g/mol. The van der Waals surface area contributed by atoms with Crippen molar-refractivity contribution in [2.75, 3.05) is 6.54 Å². The predicted molar refractivity (Wildman–Crippen MR) is 60.1 cm³/mol. The first kappa shape index (κ1) is 11.4. The summed E-state index contributed by atoms with van der Waals surface area (Å²) in [6.07, 6.45) is 1.61. The smallest absolute Gasteiger partial charge is 0.261 e. The van der Waals surface area contributed by atoms with E-state index in [-0.39, 0.29) is 10.8 Å². The summed E-state index contributed by atoms with van der Waals surface area (Å²) in [5.41, 5.74) is 1.26. The number of benzene rings is 1. The van der Waals surface area contributed by atoms with E-state index in [0.29, 0.717) is 12.1 Å². The zero-order valence-corrected chi connectivity index (χ0v) is 9.94. The van der Waals surface area contributed by atoms with E-state index in [4.69, 9.17) is 10.7 Å². The van der Waals surface area contributed by atoms with Gasteiger partial charge in [0.15, 0.2) is 0 Å². The van der Waals surface area contributed by atoms with E-state index in [1.54, 1.807) is 6.07 Å². The van der Waals surface area contributed by atoms with Crippen LogP contribution in [0.4, 0.5) is 0 Å². The molecule has 0 spiro atoms. The van der Waals surface area contributed by atoms with Gasteiger partial charge in [0.2, 0.25) is 0 Å². The zero-order chi connectivity index (χ0) is 11.8. The van der Waals surface area contributed by atoms with Gasteiger partial charge in [-0.2, -0.15) is 0 Å². The van der Waals surface area contributed by atoms with Crippen molar-refractivity contribution in [3.8, 4) is 0 Å². The average Bonchev–Trinajstić information content (AvgIpc) is 2.39. The van der Waals surface area contributed by atoms with Crippen LogP contribution < -0.4 is 5.32 Å². The van der Waals surface area contributed by atoms with Crippen molar-refractivity contribution in [1.29, 1.82) is 0 Å². The minimum Gasteiger partial charge on any atom is -0.352 e. The molecule has 0 saturated heterocycles. The lowest BCUT2D eigenvalue weighted by Gasteiger charge is -2.05. The lowest BCUT2D eigenvalue weighted by molar-refractivity contribution is 0.0956. The lowest BCUT2D eigenvalue weighted by atomic mass is 10.0. The van der Waals surface area contributed by atoms with Crippen LogP contribution in [0, 0.1) is 0 Å². The second kappa shape index (κ2) is 4.07. The quantitative estimate of drug-likeness (QED) is 0.773. The maximum Gasteiger partial charge on any atom is 0.261 e. The molecule has 1 aliphatic rings. The molecule has 0 aromatic heterocycles. The van der Waals surface area contributed by atoms with Gasteiger partial charge >= 0.3 is 0 Å². The molecule has 0 unspecified atom stereocenters. The van der Waals surface area contributed by atoms with E-state index in [1.165, 1.54) is 12.1 Å². The molecule has 0 aliphatic carbocycles. The average molecular weight is 260 g/mol. The summed E-state index contributed by atoms with van der Waals surface area (Å²) in [5.74, 6) is -0.241. The first-order chi connectivity index (χ1) is 7.48. The Morgan fingerprint density at radius 2 is 2.06 bits per heavy atom. The van der Waals surface area contributed by atoms with Crippen LogP contribution in [-0.2, 0) is 15.5 Å². The van der Waals surface area contributed by atoms with Crippen LogP contribution >= 0.6 is 10.7 Å². The molecule has 0 fully saturated rings. The molecule has 1 aromatic carbocycles. The van der Waals surface area contributed by atoms with Gasteiger partial charge in [0.1, 0.15) is 0 Å². The largest absolute Gasteiger partial charge is 0.352 e. The van der Waals surface area contributed by atoms with Gasteiger partial charge in [-0.15, -0.1) is 0 Å². The van der Waals surface area contributed by atoms with Crippen LogP contribution in [-0.4, -0.2) is 20.9 Å². The molecule has 0 saturated carbocycles. The highest BCUT2D eigenvalue weighted by Crippen LogP contribution is 2.21. The van der Waals surface area contributed by atoms with Crippen LogP contribution in [0.2, 0.25) is 0 Å². The van der Waals surface area contributed by atoms with Gasteiger partial charge in [0.05, 0.1) is 4.90 Å². The van der Waals surface area contributed by atoms with Gasteiger partial charge in [-0.05, 0) is 30.5 Å². The highest BCUT2D eigenvalue weighted by Gasteiger charge is 2.18. The third kappa shape index (κ3) is 2.20. The maximum absolute atomic E-state index is 11.6. The summed E-state index contributed by atoms with van der Waals surface area (Å²) < 4.78 is 22.3. The summed E-state index contributed by atoms with van der Waals surface area (Å²) >= 11 is 0. The van der Waals surface area contributed by atoms with Crippen molar-refractivity contribution in [3.63, 3.8) is 0 Å². The number of hydrogen-bond donors (Lipinski definition) is 1. The van der Waals surface area contributed by atoms with Gasteiger partial charge in [0, 0.05) is 22.8 Å². The Labute approximate surface area is 98.0 Å². The summed E-state index contributed by atoms with van der Waals surface area (Å²) in [6.45, 7) is 0.608. The van der Waals surface area contributed by atoms with Crippen molar-refractivity contribution in [2.24, 2.45) is 0 Å². The molecule has 16 heavy (non-hydrogen) atoms. The molecular formula is C10H10ClNO3S. The zero-order valence-electron chi connectivity index (χ0n) is 8.36. The Hall–Kier alpha value is -1.07. The van der Waals surface area contributed by atoms with Crippen LogP contribution in [0.1, 0.15) is 22.3 Å². The fourth-order valence-electron chi connectivity index (χ4n) is 1.71. The predicted octanol–water partition coefficient (Wildman–Crippen LogP) is 1.29. The number of hydrogen-bond acceptors (Lipinski definition) is 3. The van der Waals surface area contributed by atoms with Crippen LogP contribution in [0.3, 0.4) is 0 Å². The lowest BCUT2D eigenvalue weighted by Crippen LogP contribution is -2.22. The molecule has 86 valence electrons. The third-order valence-electron chi connectivity index (χ3n) is 2.52. The van der Waals surface area contributed by atoms with Gasteiger partial charge in [0.25, 0.3) is 15.0 Å². The van der Waals surface area contributed by atoms with E-state index < -0.39 is 9.05 Å². The van der Waals surface area contributed by atoms with Crippen molar-refractivity contribution in [3.05, 3.63) is 29.3 Å². The number of carbonyl (C=O) groups excluding carboxylic acids is 1. The summed E-state index contributed by atoms with van der Waals surface area (Å²) in [6, 6.07) is 4.41. The van der Waals surface area contributed by atoms with Crippen molar-refractivity contribution in [1.82, 2.24) is 5.32 Å². The first-order valence-electron chi connectivity index (χ1n) is 4.84. The summed E-state index contributed by atoms with van der Waals surface area (Å²) in [4.78, 5) is 11.6. The first-order valence-corrected chi connectivity index (χ1v) is 7.15. The topological polar surface area (TPSA) is 63.2 Å². The second-order valence-corrected chi connectivity index (χ2v) is 6.18.